The van der Waals surface area contributed by atoms with Crippen molar-refractivity contribution in [2.75, 3.05) is 11.5 Å². The van der Waals surface area contributed by atoms with Crippen molar-refractivity contribution in [1.29, 1.82) is 0 Å². The number of fused-ring (bicyclic) bond motifs is 1. The molecule has 0 radical (unpaired) electrons. The smallest absolute Gasteiger partial charge is 0.485 e. The average Bonchev–Trinajstić information content (AvgIpc) is 2.83. The van der Waals surface area contributed by atoms with Gasteiger partial charge in [0.15, 0.2) is 10.1 Å². The van der Waals surface area contributed by atoms with E-state index < -0.39 is 48.5 Å². The molecule has 0 bridgehead atoms. The minimum Gasteiger partial charge on any atom is -0.741 e. The van der Waals surface area contributed by atoms with Gasteiger partial charge >= 0.3 is 104 Å². The number of hydrogen-bond acceptors (Lipinski definition) is 6. The Morgan fingerprint density at radius 1 is 0.875 bits per heavy atom. The molecule has 0 N–H and O–H groups in total. The minimum atomic E-state index is -6.09. The Morgan fingerprint density at radius 2 is 1.25 bits per heavy atom. The first-order chi connectivity index (χ1) is 10.5. The van der Waals surface area contributed by atoms with E-state index in [0.717, 1.165) is 24.3 Å². The van der Waals surface area contributed by atoms with Crippen LogP contribution in [0.1, 0.15) is 12.8 Å². The maximum absolute atomic E-state index is 12.3. The van der Waals surface area contributed by atoms with E-state index in [9.17, 15) is 34.8 Å². The van der Waals surface area contributed by atoms with Crippen LogP contribution < -0.4 is 0 Å². The third kappa shape index (κ3) is 5.27. The fraction of sp³-hybridized carbons (Fsp3) is 1.00. The normalized spacial score (nSPS) is 30.9. The van der Waals surface area contributed by atoms with E-state index in [1.807, 2.05) is 0 Å². The largest absolute Gasteiger partial charge is 0.741 e. The van der Waals surface area contributed by atoms with Gasteiger partial charge in [-0.15, -0.1) is 0 Å². The Labute approximate surface area is 140 Å². The van der Waals surface area contributed by atoms with Gasteiger partial charge in [0.2, 0.25) is 0 Å². The van der Waals surface area contributed by atoms with Crippen LogP contribution in [0.3, 0.4) is 0 Å². The van der Waals surface area contributed by atoms with Gasteiger partial charge in [-0.05, 0) is 0 Å². The molecule has 6 nitrogen and oxygen atoms in total. The molecular formula is C8H12F6O6S3Te. The second kappa shape index (κ2) is 7.28. The van der Waals surface area contributed by atoms with E-state index in [4.69, 9.17) is 15.5 Å². The summed E-state index contributed by atoms with van der Waals surface area (Å²) in [6.45, 7) is 0. The van der Waals surface area contributed by atoms with Gasteiger partial charge in [0, 0.05) is 0 Å². The summed E-state index contributed by atoms with van der Waals surface area (Å²) >= 11 is -3.21. The Bertz CT molecular complexity index is 647. The topological polar surface area (TPSA) is 101 Å². The predicted molar refractivity (Wildman–Crippen MR) is 73.5 cm³/mol. The quantitative estimate of drug-likeness (QED) is 0.174. The van der Waals surface area contributed by atoms with Gasteiger partial charge in [0.05, 0.1) is 0 Å². The first kappa shape index (κ1) is 22.6. The SMILES string of the molecule is O=S(=O)(O[Te]12CCC[S+]1CCC2)C(F)(F)F.O=S(=O)([O-])C(F)(F)F. The van der Waals surface area contributed by atoms with Gasteiger partial charge in [-0.2, -0.15) is 13.2 Å². The molecule has 0 aromatic carbocycles. The molecule has 24 heavy (non-hydrogen) atoms. The van der Waals surface area contributed by atoms with Crippen molar-refractivity contribution < 1.29 is 50.3 Å². The molecule has 0 saturated carbocycles. The summed E-state index contributed by atoms with van der Waals surface area (Å²) in [6, 6.07) is 0. The molecule has 0 aromatic rings. The molecule has 146 valence electrons. The molecule has 2 fully saturated rings. The molecule has 2 aliphatic rings. The molecule has 0 spiro atoms. The zero-order valence-corrected chi connectivity index (χ0v) is 16.4. The van der Waals surface area contributed by atoms with E-state index in [2.05, 4.69) is 0 Å². The first-order valence-corrected chi connectivity index (χ1v) is 17.4. The van der Waals surface area contributed by atoms with Gasteiger partial charge in [-0.3, -0.25) is 0 Å². The number of hydrogen-bond donors (Lipinski definition) is 0. The van der Waals surface area contributed by atoms with E-state index in [1.165, 1.54) is 0 Å². The Morgan fingerprint density at radius 3 is 1.54 bits per heavy atom. The summed E-state index contributed by atoms with van der Waals surface area (Å²) in [5, 5.41) is 0. The van der Waals surface area contributed by atoms with E-state index in [1.54, 1.807) is 0 Å². The van der Waals surface area contributed by atoms with Crippen LogP contribution in [0.4, 0.5) is 26.3 Å². The van der Waals surface area contributed by atoms with Crippen molar-refractivity contribution in [3.05, 3.63) is 0 Å². The number of halogens is 6. The summed E-state index contributed by atoms with van der Waals surface area (Å²) in [5.41, 5.74) is -10.9. The Kier molecular flexibility index (Phi) is 6.85. The molecule has 2 saturated heterocycles. The van der Waals surface area contributed by atoms with E-state index >= 15 is 0 Å². The molecule has 0 atom stereocenters. The summed E-state index contributed by atoms with van der Waals surface area (Å²) in [6.07, 6.45) is 1.69. The van der Waals surface area contributed by atoms with E-state index in [0.29, 0.717) is 8.94 Å². The molecule has 0 aromatic heterocycles. The summed E-state index contributed by atoms with van der Waals surface area (Å²) in [7, 11) is -11.6. The Hall–Kier alpha value is 0.540. The van der Waals surface area contributed by atoms with Crippen LogP contribution in [0.2, 0.25) is 8.94 Å². The maximum atomic E-state index is 12.3. The van der Waals surface area contributed by atoms with Gasteiger partial charge in [0.25, 0.3) is 0 Å². The third-order valence-electron chi connectivity index (χ3n) is 2.86. The molecule has 0 unspecified atom stereocenters. The zero-order chi connectivity index (χ0) is 19.0. The fourth-order valence-electron chi connectivity index (χ4n) is 1.93. The van der Waals surface area contributed by atoms with E-state index in [-0.39, 0.29) is 8.12 Å². The van der Waals surface area contributed by atoms with Crippen LogP contribution in [0, 0.1) is 0 Å². The fourth-order valence-corrected chi connectivity index (χ4v) is 31.0. The van der Waals surface area contributed by atoms with Crippen molar-refractivity contribution in [3.8, 4) is 0 Å². The van der Waals surface area contributed by atoms with Gasteiger partial charge in [-0.1, -0.05) is 0 Å². The molecule has 16 heteroatoms. The molecule has 0 amide bonds. The second-order valence-electron chi connectivity index (χ2n) is 4.57. The molecular weight excluding hydrogens is 530 g/mol. The van der Waals surface area contributed by atoms with Crippen LogP contribution in [0.25, 0.3) is 0 Å². The van der Waals surface area contributed by atoms with Crippen LogP contribution in [-0.2, 0) is 30.9 Å². The van der Waals surface area contributed by atoms with Gasteiger partial charge in [0.1, 0.15) is 0 Å². The summed E-state index contributed by atoms with van der Waals surface area (Å²) in [5.74, 6) is 1.77. The minimum absolute atomic E-state index is 0.119. The van der Waals surface area contributed by atoms with Crippen LogP contribution in [0.15, 0.2) is 0 Å². The van der Waals surface area contributed by atoms with Crippen molar-refractivity contribution in [3.63, 3.8) is 0 Å². The first-order valence-electron chi connectivity index (χ1n) is 6.03. The number of alkyl halides is 6. The molecule has 2 heterocycles. The Balaban J connectivity index is 0.000000307. The van der Waals surface area contributed by atoms with Crippen LogP contribution in [0.5, 0.6) is 0 Å². The maximum Gasteiger partial charge on any atom is 0.485 e. The summed E-state index contributed by atoms with van der Waals surface area (Å²) < 4.78 is 124. The van der Waals surface area contributed by atoms with Crippen LogP contribution >= 0.6 is 0 Å². The predicted octanol–water partition coefficient (Wildman–Crippen LogP) is 1.77. The zero-order valence-electron chi connectivity index (χ0n) is 11.6. The van der Waals surface area contributed by atoms with Crippen molar-refractivity contribution in [2.45, 2.75) is 32.8 Å². The molecule has 0 aliphatic carbocycles. The van der Waals surface area contributed by atoms with Gasteiger partial charge in [-0.25, -0.2) is 8.42 Å². The van der Waals surface area contributed by atoms with Crippen molar-refractivity contribution >= 4 is 45.6 Å². The summed E-state index contributed by atoms with van der Waals surface area (Å²) in [4.78, 5) is 0. The van der Waals surface area contributed by atoms with Crippen LogP contribution in [-0.4, -0.2) is 61.1 Å². The van der Waals surface area contributed by atoms with Crippen molar-refractivity contribution in [2.24, 2.45) is 0 Å². The van der Waals surface area contributed by atoms with Gasteiger partial charge < -0.3 is 4.55 Å². The number of rotatable bonds is 2. The standard InChI is InChI=1S/C7H12F3O3S2Te.CHF3O3S/c8-7(9,10)15(11,12)13-16-5-1-3-14(16)4-2-6-16;2-1(3,4)8(5,6)7/h1-6H2;(H,5,6,7)/q+1;/p-1. The average molecular weight is 542 g/mol. The second-order valence-corrected chi connectivity index (χ2v) is 25.0. The third-order valence-corrected chi connectivity index (χ3v) is 29.2. The van der Waals surface area contributed by atoms with Crippen molar-refractivity contribution in [1.82, 2.24) is 0 Å². The molecule has 2 aliphatic heterocycles. The monoisotopic (exact) mass is 544 g/mol. The molecule has 2 rings (SSSR count).